The van der Waals surface area contributed by atoms with E-state index in [4.69, 9.17) is 0 Å². The van der Waals surface area contributed by atoms with E-state index in [1.807, 2.05) is 0 Å². The summed E-state index contributed by atoms with van der Waals surface area (Å²) in [6, 6.07) is 0. The number of allylic oxidation sites excluding steroid dienone is 12. The summed E-state index contributed by atoms with van der Waals surface area (Å²) < 4.78 is 1.44. The van der Waals surface area contributed by atoms with E-state index in [0.717, 1.165) is 29.6 Å². The van der Waals surface area contributed by atoms with E-state index in [0.29, 0.717) is 17.3 Å². The van der Waals surface area contributed by atoms with Gasteiger partial charge in [-0.05, 0) is 88.9 Å². The zero-order valence-corrected chi connectivity index (χ0v) is 18.0. The van der Waals surface area contributed by atoms with E-state index in [1.165, 1.54) is 22.8 Å². The molecular formula is C25H29I. The van der Waals surface area contributed by atoms with Crippen molar-refractivity contribution < 1.29 is 0 Å². The van der Waals surface area contributed by atoms with Gasteiger partial charge in [-0.25, -0.2) is 0 Å². The van der Waals surface area contributed by atoms with Crippen LogP contribution in [0.5, 0.6) is 0 Å². The third-order valence-electron chi connectivity index (χ3n) is 7.94. The van der Waals surface area contributed by atoms with Crippen LogP contribution < -0.4 is 0 Å². The van der Waals surface area contributed by atoms with E-state index in [1.54, 1.807) is 5.57 Å². The molecular weight excluding hydrogens is 427 g/mol. The van der Waals surface area contributed by atoms with Crippen LogP contribution in [0.25, 0.3) is 0 Å². The van der Waals surface area contributed by atoms with E-state index < -0.39 is 0 Å². The van der Waals surface area contributed by atoms with Crippen LogP contribution in [0.2, 0.25) is 0 Å². The first-order chi connectivity index (χ1) is 12.5. The summed E-state index contributed by atoms with van der Waals surface area (Å²) in [6.45, 7) is 5.03. The quantitative estimate of drug-likeness (QED) is 0.293. The van der Waals surface area contributed by atoms with Gasteiger partial charge in [-0.1, -0.05) is 74.1 Å². The van der Waals surface area contributed by atoms with Crippen molar-refractivity contribution in [3.63, 3.8) is 0 Å². The van der Waals surface area contributed by atoms with Gasteiger partial charge in [0.25, 0.3) is 0 Å². The smallest absolute Gasteiger partial charge is 0.00900 e. The molecule has 0 heterocycles. The molecule has 0 aliphatic heterocycles. The number of hydrogen-bond donors (Lipinski definition) is 0. The summed E-state index contributed by atoms with van der Waals surface area (Å²) in [6.07, 6.45) is 28.4. The maximum absolute atomic E-state index is 2.62. The maximum Gasteiger partial charge on any atom is 0.00900 e. The lowest BCUT2D eigenvalue weighted by Crippen LogP contribution is -2.32. The van der Waals surface area contributed by atoms with Gasteiger partial charge in [0.2, 0.25) is 0 Å². The molecule has 0 aromatic carbocycles. The lowest BCUT2D eigenvalue weighted by molar-refractivity contribution is 0.182. The Hall–Kier alpha value is -0.830. The fourth-order valence-electron chi connectivity index (χ4n) is 6.46. The molecule has 1 fully saturated rings. The van der Waals surface area contributed by atoms with Gasteiger partial charge in [-0.3, -0.25) is 0 Å². The zero-order chi connectivity index (χ0) is 17.9. The second-order valence-corrected chi connectivity index (χ2v) is 10.8. The number of fused-ring (bicyclic) bond motifs is 4. The molecule has 6 unspecified atom stereocenters. The Labute approximate surface area is 172 Å². The molecule has 5 aliphatic rings. The van der Waals surface area contributed by atoms with Gasteiger partial charge in [-0.15, -0.1) is 0 Å². The van der Waals surface area contributed by atoms with Crippen molar-refractivity contribution in [2.45, 2.75) is 33.1 Å². The summed E-state index contributed by atoms with van der Waals surface area (Å²) in [5, 5.41) is 0. The average molecular weight is 456 g/mol. The van der Waals surface area contributed by atoms with Gasteiger partial charge in [0.05, 0.1) is 0 Å². The number of hydrogen-bond acceptors (Lipinski definition) is 0. The van der Waals surface area contributed by atoms with E-state index in [9.17, 15) is 0 Å². The molecule has 0 radical (unpaired) electrons. The molecule has 1 heteroatoms. The van der Waals surface area contributed by atoms with Crippen LogP contribution in [0.1, 0.15) is 33.1 Å². The van der Waals surface area contributed by atoms with Crippen molar-refractivity contribution in [3.8, 4) is 0 Å². The monoisotopic (exact) mass is 456 g/mol. The Morgan fingerprint density at radius 1 is 0.885 bits per heavy atom. The van der Waals surface area contributed by atoms with Crippen LogP contribution in [0.4, 0.5) is 0 Å². The Kier molecular flexibility index (Phi) is 4.23. The van der Waals surface area contributed by atoms with Gasteiger partial charge in [0, 0.05) is 9.50 Å². The largest absolute Gasteiger partial charge is 0.0845 e. The zero-order valence-electron chi connectivity index (χ0n) is 15.8. The van der Waals surface area contributed by atoms with Crippen molar-refractivity contribution in [2.24, 2.45) is 46.8 Å². The van der Waals surface area contributed by atoms with Crippen LogP contribution in [0, 0.1) is 46.8 Å². The normalized spacial score (nSPS) is 44.8. The second-order valence-electron chi connectivity index (χ2n) is 9.52. The first-order valence-electron chi connectivity index (χ1n) is 10.3. The topological polar surface area (TPSA) is 0 Å². The Morgan fingerprint density at radius 3 is 2.54 bits per heavy atom. The lowest BCUT2D eigenvalue weighted by Gasteiger charge is -2.40. The molecule has 7 atom stereocenters. The van der Waals surface area contributed by atoms with E-state index in [2.05, 4.69) is 97.2 Å². The van der Waals surface area contributed by atoms with Gasteiger partial charge < -0.3 is 0 Å². The van der Waals surface area contributed by atoms with Crippen LogP contribution in [-0.2, 0) is 0 Å². The SMILES string of the molecule is CC1(C)C2=CC(I)=CCC2C2C=CC(C3C=C[C@H]4C=CC=CC4C3)CC21. The van der Waals surface area contributed by atoms with E-state index >= 15 is 0 Å². The predicted molar refractivity (Wildman–Crippen MR) is 119 cm³/mol. The van der Waals surface area contributed by atoms with Crippen LogP contribution in [0.15, 0.2) is 69.9 Å². The predicted octanol–water partition coefficient (Wildman–Crippen LogP) is 7.03. The maximum atomic E-state index is 2.62. The third kappa shape index (κ3) is 2.68. The number of halogens is 1. The third-order valence-corrected chi connectivity index (χ3v) is 8.69. The lowest BCUT2D eigenvalue weighted by atomic mass is 9.65. The van der Waals surface area contributed by atoms with Crippen LogP contribution in [-0.4, -0.2) is 0 Å². The second kappa shape index (κ2) is 6.36. The summed E-state index contributed by atoms with van der Waals surface area (Å²) in [5.41, 5.74) is 2.07. The summed E-state index contributed by atoms with van der Waals surface area (Å²) in [4.78, 5) is 0. The molecule has 0 saturated heterocycles. The molecule has 0 bridgehead atoms. The minimum absolute atomic E-state index is 0.345. The molecule has 26 heavy (non-hydrogen) atoms. The fourth-order valence-corrected chi connectivity index (χ4v) is 7.05. The first-order valence-corrected chi connectivity index (χ1v) is 11.4. The Balaban J connectivity index is 1.40. The summed E-state index contributed by atoms with van der Waals surface area (Å²) in [5.74, 6) is 5.11. The highest BCUT2D eigenvalue weighted by Crippen LogP contribution is 2.61. The molecule has 0 amide bonds. The minimum atomic E-state index is 0.345. The first kappa shape index (κ1) is 17.3. The van der Waals surface area contributed by atoms with Crippen molar-refractivity contribution in [3.05, 3.63) is 69.9 Å². The molecule has 0 spiro atoms. The van der Waals surface area contributed by atoms with Crippen molar-refractivity contribution in [1.82, 2.24) is 0 Å². The van der Waals surface area contributed by atoms with E-state index in [-0.39, 0.29) is 0 Å². The summed E-state index contributed by atoms with van der Waals surface area (Å²) >= 11 is 2.51. The van der Waals surface area contributed by atoms with Crippen molar-refractivity contribution >= 4 is 22.6 Å². The standard InChI is InChI=1S/C25H29I/c1-25(2)23-14-19(18-8-7-16-5-3-4-6-17(16)13-18)9-11-21(23)22-12-10-20(26)15-24(22)25/h3-11,15-19,21-23H,12-14H2,1-2H3/t16-,17?,18?,19?,21?,22?,23?/m1/s1. The van der Waals surface area contributed by atoms with Gasteiger partial charge in [-0.2, -0.15) is 0 Å². The average Bonchev–Trinajstić information content (AvgIpc) is 2.88. The van der Waals surface area contributed by atoms with Crippen molar-refractivity contribution in [2.75, 3.05) is 0 Å². The highest BCUT2D eigenvalue weighted by molar-refractivity contribution is 14.1. The molecule has 0 N–H and O–H groups in total. The molecule has 0 aromatic heterocycles. The van der Waals surface area contributed by atoms with Gasteiger partial charge in [0.1, 0.15) is 0 Å². The minimum Gasteiger partial charge on any atom is -0.0845 e. The molecule has 5 aliphatic carbocycles. The molecule has 0 aromatic rings. The number of rotatable bonds is 1. The highest BCUT2D eigenvalue weighted by Gasteiger charge is 2.52. The Bertz CT molecular complexity index is 772. The summed E-state index contributed by atoms with van der Waals surface area (Å²) in [7, 11) is 0. The molecule has 0 nitrogen and oxygen atoms in total. The Morgan fingerprint density at radius 2 is 1.65 bits per heavy atom. The molecule has 1 saturated carbocycles. The van der Waals surface area contributed by atoms with Gasteiger partial charge >= 0.3 is 0 Å². The van der Waals surface area contributed by atoms with Crippen molar-refractivity contribution in [1.29, 1.82) is 0 Å². The highest BCUT2D eigenvalue weighted by atomic mass is 127. The fraction of sp³-hybridized carbons (Fsp3) is 0.520. The van der Waals surface area contributed by atoms with Crippen LogP contribution in [0.3, 0.4) is 0 Å². The molecule has 5 rings (SSSR count). The van der Waals surface area contributed by atoms with Gasteiger partial charge in [0.15, 0.2) is 0 Å². The van der Waals surface area contributed by atoms with Crippen LogP contribution >= 0.6 is 22.6 Å². The molecule has 136 valence electrons.